The Kier molecular flexibility index (Phi) is 3.97. The topological polar surface area (TPSA) is 61.4 Å². The lowest BCUT2D eigenvalue weighted by Gasteiger charge is -2.17. The van der Waals surface area contributed by atoms with Crippen LogP contribution < -0.4 is 15.8 Å². The molecule has 3 rings (SSSR count). The van der Waals surface area contributed by atoms with Crippen molar-refractivity contribution in [1.82, 2.24) is 5.43 Å². The highest BCUT2D eigenvalue weighted by molar-refractivity contribution is 6.40. The molecule has 2 N–H and O–H groups in total. The van der Waals surface area contributed by atoms with Crippen LogP contribution in [0.5, 0.6) is 0 Å². The SMILES string of the molecule is CC1CN(C(=O)C(=O)NNc2ccccc2F)c2ccccc21. The lowest BCUT2D eigenvalue weighted by atomic mass is 10.0. The van der Waals surface area contributed by atoms with Crippen LogP contribution >= 0.6 is 0 Å². The fraction of sp³-hybridized carbons (Fsp3) is 0.176. The van der Waals surface area contributed by atoms with E-state index in [1.165, 1.54) is 23.1 Å². The van der Waals surface area contributed by atoms with Gasteiger partial charge in [0.05, 0.1) is 5.69 Å². The summed E-state index contributed by atoms with van der Waals surface area (Å²) in [4.78, 5) is 25.8. The summed E-state index contributed by atoms with van der Waals surface area (Å²) in [5, 5.41) is 0. The van der Waals surface area contributed by atoms with Crippen LogP contribution in [0.2, 0.25) is 0 Å². The minimum atomic E-state index is -0.836. The van der Waals surface area contributed by atoms with E-state index >= 15 is 0 Å². The number of nitrogens with one attached hydrogen (secondary N) is 2. The summed E-state index contributed by atoms with van der Waals surface area (Å²) in [5.41, 5.74) is 6.55. The van der Waals surface area contributed by atoms with Crippen LogP contribution in [0.25, 0.3) is 0 Å². The molecule has 118 valence electrons. The molecule has 0 aliphatic carbocycles. The van der Waals surface area contributed by atoms with Gasteiger partial charge in [-0.2, -0.15) is 0 Å². The van der Waals surface area contributed by atoms with Gasteiger partial charge in [-0.3, -0.25) is 20.4 Å². The van der Waals surface area contributed by atoms with Gasteiger partial charge in [0.25, 0.3) is 0 Å². The fourth-order valence-corrected chi connectivity index (χ4v) is 2.68. The monoisotopic (exact) mass is 313 g/mol. The summed E-state index contributed by atoms with van der Waals surface area (Å²) in [6.07, 6.45) is 0. The number of anilines is 2. The molecule has 0 fully saturated rings. The molecule has 0 radical (unpaired) electrons. The number of carbonyl (C=O) groups excluding carboxylic acids is 2. The summed E-state index contributed by atoms with van der Waals surface area (Å²) < 4.78 is 13.5. The molecule has 1 unspecified atom stereocenters. The Morgan fingerprint density at radius 1 is 1.13 bits per heavy atom. The van der Waals surface area contributed by atoms with Gasteiger partial charge in [0, 0.05) is 18.2 Å². The number of halogens is 1. The Hall–Kier alpha value is -2.89. The summed E-state index contributed by atoms with van der Waals surface area (Å²) >= 11 is 0. The summed E-state index contributed by atoms with van der Waals surface area (Å²) in [6, 6.07) is 13.4. The highest BCUT2D eigenvalue weighted by atomic mass is 19.1. The van der Waals surface area contributed by atoms with Crippen molar-refractivity contribution in [3.8, 4) is 0 Å². The number of carbonyl (C=O) groups is 2. The molecule has 5 nitrogen and oxygen atoms in total. The van der Waals surface area contributed by atoms with Crippen LogP contribution in [0.4, 0.5) is 15.8 Å². The summed E-state index contributed by atoms with van der Waals surface area (Å²) in [7, 11) is 0. The molecule has 0 spiro atoms. The molecule has 1 aliphatic rings. The Morgan fingerprint density at radius 2 is 1.83 bits per heavy atom. The molecule has 0 saturated heterocycles. The predicted molar refractivity (Wildman–Crippen MR) is 85.4 cm³/mol. The molecule has 0 saturated carbocycles. The average molecular weight is 313 g/mol. The van der Waals surface area contributed by atoms with E-state index < -0.39 is 17.6 Å². The smallest absolute Gasteiger partial charge is 0.303 e. The highest BCUT2D eigenvalue weighted by Crippen LogP contribution is 2.35. The number of para-hydroxylation sites is 2. The second-order valence-electron chi connectivity index (χ2n) is 5.43. The van der Waals surface area contributed by atoms with E-state index in [1.807, 2.05) is 31.2 Å². The van der Waals surface area contributed by atoms with E-state index in [1.54, 1.807) is 6.07 Å². The van der Waals surface area contributed by atoms with Crippen LogP contribution in [-0.2, 0) is 9.59 Å². The van der Waals surface area contributed by atoms with E-state index in [0.717, 1.165) is 11.3 Å². The Balaban J connectivity index is 1.69. The molecule has 1 heterocycles. The maximum absolute atomic E-state index is 13.5. The van der Waals surface area contributed by atoms with Crippen LogP contribution in [0, 0.1) is 5.82 Å². The first-order valence-corrected chi connectivity index (χ1v) is 7.29. The van der Waals surface area contributed by atoms with Crippen molar-refractivity contribution < 1.29 is 14.0 Å². The molecular weight excluding hydrogens is 297 g/mol. The van der Waals surface area contributed by atoms with Gasteiger partial charge in [-0.15, -0.1) is 0 Å². The van der Waals surface area contributed by atoms with Gasteiger partial charge in [-0.25, -0.2) is 4.39 Å². The quantitative estimate of drug-likeness (QED) is 0.661. The lowest BCUT2D eigenvalue weighted by molar-refractivity contribution is -0.137. The molecule has 1 aliphatic heterocycles. The zero-order valence-electron chi connectivity index (χ0n) is 12.5. The van der Waals surface area contributed by atoms with Gasteiger partial charge in [-0.1, -0.05) is 37.3 Å². The van der Waals surface area contributed by atoms with E-state index in [4.69, 9.17) is 0 Å². The highest BCUT2D eigenvalue weighted by Gasteiger charge is 2.32. The van der Waals surface area contributed by atoms with Crippen molar-refractivity contribution >= 4 is 23.2 Å². The first-order chi connectivity index (χ1) is 11.1. The van der Waals surface area contributed by atoms with E-state index in [9.17, 15) is 14.0 Å². The molecule has 23 heavy (non-hydrogen) atoms. The van der Waals surface area contributed by atoms with Gasteiger partial charge in [0.1, 0.15) is 5.82 Å². The summed E-state index contributed by atoms with van der Waals surface area (Å²) in [5.74, 6) is -1.86. The number of benzene rings is 2. The van der Waals surface area contributed by atoms with Crippen LogP contribution in [0.1, 0.15) is 18.4 Å². The zero-order chi connectivity index (χ0) is 16.4. The second kappa shape index (κ2) is 6.08. The molecule has 2 amide bonds. The molecule has 0 bridgehead atoms. The zero-order valence-corrected chi connectivity index (χ0v) is 12.5. The van der Waals surface area contributed by atoms with E-state index in [-0.39, 0.29) is 11.6 Å². The maximum Gasteiger partial charge on any atom is 0.328 e. The van der Waals surface area contributed by atoms with Crippen LogP contribution in [-0.4, -0.2) is 18.4 Å². The predicted octanol–water partition coefficient (Wildman–Crippen LogP) is 2.42. The molecule has 6 heteroatoms. The third kappa shape index (κ3) is 2.88. The van der Waals surface area contributed by atoms with Gasteiger partial charge < -0.3 is 4.90 Å². The minimum absolute atomic E-state index is 0.101. The van der Waals surface area contributed by atoms with Gasteiger partial charge in [0.2, 0.25) is 0 Å². The number of fused-ring (bicyclic) bond motifs is 1. The van der Waals surface area contributed by atoms with Crippen molar-refractivity contribution in [2.24, 2.45) is 0 Å². The number of amides is 2. The number of hydrazine groups is 1. The normalized spacial score (nSPS) is 15.9. The van der Waals surface area contributed by atoms with Gasteiger partial charge >= 0.3 is 11.8 Å². The van der Waals surface area contributed by atoms with E-state index in [0.29, 0.717) is 6.54 Å². The fourth-order valence-electron chi connectivity index (χ4n) is 2.68. The third-order valence-electron chi connectivity index (χ3n) is 3.84. The Bertz CT molecular complexity index is 763. The van der Waals surface area contributed by atoms with Gasteiger partial charge in [0.15, 0.2) is 0 Å². The molecule has 2 aromatic rings. The first kappa shape index (κ1) is 15.0. The molecular formula is C17H16FN3O2. The van der Waals surface area contributed by atoms with Crippen molar-refractivity contribution in [1.29, 1.82) is 0 Å². The van der Waals surface area contributed by atoms with Crippen molar-refractivity contribution in [3.63, 3.8) is 0 Å². The van der Waals surface area contributed by atoms with Gasteiger partial charge in [-0.05, 0) is 23.8 Å². The van der Waals surface area contributed by atoms with E-state index in [2.05, 4.69) is 10.9 Å². The number of nitrogens with zero attached hydrogens (tertiary/aromatic N) is 1. The van der Waals surface area contributed by atoms with Crippen molar-refractivity contribution in [2.45, 2.75) is 12.8 Å². The number of hydrogen-bond acceptors (Lipinski definition) is 3. The summed E-state index contributed by atoms with van der Waals surface area (Å²) in [6.45, 7) is 2.45. The van der Waals surface area contributed by atoms with Crippen LogP contribution in [0.3, 0.4) is 0 Å². The molecule has 1 atom stereocenters. The first-order valence-electron chi connectivity index (χ1n) is 7.29. The Labute approximate surface area is 133 Å². The lowest BCUT2D eigenvalue weighted by Crippen LogP contribution is -2.44. The minimum Gasteiger partial charge on any atom is -0.303 e. The second-order valence-corrected chi connectivity index (χ2v) is 5.43. The number of hydrogen-bond donors (Lipinski definition) is 2. The van der Waals surface area contributed by atoms with Crippen molar-refractivity contribution in [3.05, 3.63) is 59.9 Å². The molecule has 2 aromatic carbocycles. The Morgan fingerprint density at radius 3 is 2.61 bits per heavy atom. The largest absolute Gasteiger partial charge is 0.328 e. The average Bonchev–Trinajstić information content (AvgIpc) is 2.90. The third-order valence-corrected chi connectivity index (χ3v) is 3.84. The maximum atomic E-state index is 13.5. The van der Waals surface area contributed by atoms with Crippen molar-refractivity contribution in [2.75, 3.05) is 16.9 Å². The number of rotatable bonds is 2. The molecule has 0 aromatic heterocycles. The standard InChI is InChI=1S/C17H16FN3O2/c1-11-10-21(15-9-5-2-6-12(11)15)17(23)16(22)20-19-14-8-4-3-7-13(14)18/h2-9,11,19H,10H2,1H3,(H,20,22). The van der Waals surface area contributed by atoms with Crippen LogP contribution in [0.15, 0.2) is 48.5 Å².